The van der Waals surface area contributed by atoms with Crippen LogP contribution in [0.3, 0.4) is 0 Å². The lowest BCUT2D eigenvalue weighted by Gasteiger charge is -2.09. The lowest BCUT2D eigenvalue weighted by atomic mass is 10.2. The van der Waals surface area contributed by atoms with Crippen molar-refractivity contribution in [1.29, 1.82) is 0 Å². The van der Waals surface area contributed by atoms with E-state index < -0.39 is 8.25 Å². The molecule has 3 rings (SSSR count). The van der Waals surface area contributed by atoms with Gasteiger partial charge >= 0.3 is 13.9 Å². The maximum absolute atomic E-state index is 12.8. The summed E-state index contributed by atoms with van der Waals surface area (Å²) in [5.74, 6) is 0.598. The molecule has 0 aromatic carbocycles. The zero-order valence-electron chi connectivity index (χ0n) is 17.5. The summed E-state index contributed by atoms with van der Waals surface area (Å²) in [4.78, 5) is 38.0. The van der Waals surface area contributed by atoms with Crippen LogP contribution >= 0.6 is 8.25 Å². The molecule has 10 heteroatoms. The van der Waals surface area contributed by atoms with Gasteiger partial charge in [-0.15, -0.1) is 9.42 Å². The number of imidazole rings is 1. The van der Waals surface area contributed by atoms with Crippen LogP contribution in [0.5, 0.6) is 0 Å². The predicted octanol–water partition coefficient (Wildman–Crippen LogP) is 2.95. The van der Waals surface area contributed by atoms with Gasteiger partial charge in [-0.25, -0.2) is 9.78 Å². The SMILES string of the molecule is CCCC.Cn1c(=O)n(CCCCCO[P+](=O)O)c(=O)c2c1ncn2CC1CC1. The Morgan fingerprint density at radius 3 is 2.48 bits per heavy atom. The second-order valence-electron chi connectivity index (χ2n) is 7.44. The highest BCUT2D eigenvalue weighted by molar-refractivity contribution is 7.32. The van der Waals surface area contributed by atoms with E-state index in [0.29, 0.717) is 42.9 Å². The molecule has 2 heterocycles. The monoisotopic (exact) mass is 427 g/mol. The summed E-state index contributed by atoms with van der Waals surface area (Å²) in [7, 11) is -0.943. The molecule has 162 valence electrons. The van der Waals surface area contributed by atoms with Crippen molar-refractivity contribution in [1.82, 2.24) is 18.7 Å². The maximum Gasteiger partial charge on any atom is 0.694 e. The summed E-state index contributed by atoms with van der Waals surface area (Å²) in [6.07, 6.45) is 8.52. The van der Waals surface area contributed by atoms with Gasteiger partial charge in [0.15, 0.2) is 11.2 Å². The summed E-state index contributed by atoms with van der Waals surface area (Å²) in [6.45, 7) is 5.62. The van der Waals surface area contributed by atoms with Gasteiger partial charge in [0.1, 0.15) is 6.61 Å². The van der Waals surface area contributed by atoms with Crippen LogP contribution in [0.25, 0.3) is 11.2 Å². The first kappa shape index (κ1) is 23.4. The minimum atomic E-state index is -2.57. The predicted molar refractivity (Wildman–Crippen MR) is 112 cm³/mol. The van der Waals surface area contributed by atoms with Gasteiger partial charge < -0.3 is 4.57 Å². The number of hydrogen-bond acceptors (Lipinski definition) is 5. The molecule has 1 saturated carbocycles. The van der Waals surface area contributed by atoms with E-state index in [-0.39, 0.29) is 17.9 Å². The maximum atomic E-state index is 12.8. The largest absolute Gasteiger partial charge is 0.694 e. The van der Waals surface area contributed by atoms with Gasteiger partial charge in [0.05, 0.1) is 6.33 Å². The second kappa shape index (κ2) is 11.4. The van der Waals surface area contributed by atoms with Crippen molar-refractivity contribution >= 4 is 19.4 Å². The van der Waals surface area contributed by atoms with Crippen LogP contribution in [0.15, 0.2) is 15.9 Å². The first-order valence-corrected chi connectivity index (χ1v) is 11.5. The third kappa shape index (κ3) is 6.59. The van der Waals surface area contributed by atoms with E-state index in [1.165, 1.54) is 34.8 Å². The molecule has 1 aliphatic carbocycles. The van der Waals surface area contributed by atoms with Crippen LogP contribution in [0.4, 0.5) is 0 Å². The third-order valence-corrected chi connectivity index (χ3v) is 5.38. The Kier molecular flexibility index (Phi) is 9.20. The summed E-state index contributed by atoms with van der Waals surface area (Å²) >= 11 is 0. The molecule has 1 N–H and O–H groups in total. The molecule has 0 aliphatic heterocycles. The molecule has 29 heavy (non-hydrogen) atoms. The van der Waals surface area contributed by atoms with E-state index >= 15 is 0 Å². The molecule has 0 bridgehead atoms. The van der Waals surface area contributed by atoms with Gasteiger partial charge in [-0.05, 0) is 38.0 Å². The Morgan fingerprint density at radius 2 is 1.90 bits per heavy atom. The summed E-state index contributed by atoms with van der Waals surface area (Å²) < 4.78 is 19.5. The Hall–Kier alpha value is -1.83. The van der Waals surface area contributed by atoms with Crippen molar-refractivity contribution in [3.05, 3.63) is 27.2 Å². The zero-order valence-corrected chi connectivity index (χ0v) is 18.4. The van der Waals surface area contributed by atoms with Crippen molar-refractivity contribution in [2.75, 3.05) is 6.61 Å². The van der Waals surface area contributed by atoms with Gasteiger partial charge in [-0.1, -0.05) is 26.7 Å². The Morgan fingerprint density at radius 1 is 1.21 bits per heavy atom. The highest BCUT2D eigenvalue weighted by Gasteiger charge is 2.24. The van der Waals surface area contributed by atoms with E-state index in [1.54, 1.807) is 13.4 Å². The molecule has 0 amide bonds. The van der Waals surface area contributed by atoms with Crippen LogP contribution in [-0.4, -0.2) is 30.2 Å². The molecule has 1 aliphatic rings. The molecule has 0 spiro atoms. The van der Waals surface area contributed by atoms with Crippen molar-refractivity contribution < 1.29 is 14.0 Å². The van der Waals surface area contributed by atoms with Gasteiger partial charge in [-0.2, -0.15) is 0 Å². The molecular weight excluding hydrogens is 395 g/mol. The molecule has 0 radical (unpaired) electrons. The van der Waals surface area contributed by atoms with Crippen LogP contribution in [0.2, 0.25) is 0 Å². The lowest BCUT2D eigenvalue weighted by molar-refractivity contribution is 0.273. The minimum Gasteiger partial charge on any atom is -0.324 e. The molecule has 1 atom stereocenters. The van der Waals surface area contributed by atoms with Gasteiger partial charge in [-0.3, -0.25) is 13.9 Å². The average Bonchev–Trinajstić information content (AvgIpc) is 3.41. The van der Waals surface area contributed by atoms with E-state index in [0.717, 1.165) is 6.54 Å². The van der Waals surface area contributed by atoms with E-state index in [1.807, 2.05) is 4.57 Å². The fourth-order valence-corrected chi connectivity index (χ4v) is 3.21. The molecule has 1 unspecified atom stereocenters. The second-order valence-corrected chi connectivity index (χ2v) is 8.18. The molecule has 2 aromatic rings. The first-order valence-electron chi connectivity index (χ1n) is 10.3. The topological polar surface area (TPSA) is 108 Å². The Bertz CT molecular complexity index is 927. The summed E-state index contributed by atoms with van der Waals surface area (Å²) in [5.41, 5.74) is 0.233. The zero-order chi connectivity index (χ0) is 21.4. The van der Waals surface area contributed by atoms with Crippen molar-refractivity contribution in [2.45, 2.75) is 71.9 Å². The van der Waals surface area contributed by atoms with Gasteiger partial charge in [0.2, 0.25) is 0 Å². The number of aryl methyl sites for hydroxylation is 1. The molecular formula is C19H32N4O5P+. The molecule has 0 saturated heterocycles. The number of hydrogen-bond donors (Lipinski definition) is 1. The molecule has 2 aromatic heterocycles. The lowest BCUT2D eigenvalue weighted by Crippen LogP contribution is -2.39. The quantitative estimate of drug-likeness (QED) is 0.461. The van der Waals surface area contributed by atoms with Crippen LogP contribution in [0, 0.1) is 5.92 Å². The summed E-state index contributed by atoms with van der Waals surface area (Å²) in [5, 5.41) is 0. The van der Waals surface area contributed by atoms with Crippen molar-refractivity contribution in [3.8, 4) is 0 Å². The number of nitrogens with zero attached hydrogens (tertiary/aromatic N) is 4. The van der Waals surface area contributed by atoms with Crippen LogP contribution in [-0.2, 0) is 29.2 Å². The van der Waals surface area contributed by atoms with Crippen molar-refractivity contribution in [2.24, 2.45) is 13.0 Å². The van der Waals surface area contributed by atoms with Gasteiger partial charge in [0.25, 0.3) is 5.56 Å². The van der Waals surface area contributed by atoms with E-state index in [9.17, 15) is 14.2 Å². The first-order chi connectivity index (χ1) is 13.9. The van der Waals surface area contributed by atoms with Crippen molar-refractivity contribution in [3.63, 3.8) is 0 Å². The fraction of sp³-hybridized carbons (Fsp3) is 0.737. The Balaban J connectivity index is 0.000000687. The van der Waals surface area contributed by atoms with Crippen LogP contribution < -0.4 is 11.2 Å². The van der Waals surface area contributed by atoms with Gasteiger partial charge in [0, 0.05) is 24.7 Å². The van der Waals surface area contributed by atoms with E-state index in [2.05, 4.69) is 23.4 Å². The highest BCUT2D eigenvalue weighted by atomic mass is 31.1. The number of unbranched alkanes of at least 4 members (excludes halogenated alkanes) is 3. The number of fused-ring (bicyclic) bond motifs is 1. The normalized spacial score (nSPS) is 14.0. The fourth-order valence-electron chi connectivity index (χ4n) is 2.93. The molecule has 9 nitrogen and oxygen atoms in total. The Labute approximate surface area is 171 Å². The average molecular weight is 427 g/mol. The number of aromatic nitrogens is 4. The summed E-state index contributed by atoms with van der Waals surface area (Å²) in [6, 6.07) is 0. The third-order valence-electron chi connectivity index (χ3n) is 4.98. The molecule has 1 fully saturated rings. The van der Waals surface area contributed by atoms with E-state index in [4.69, 9.17) is 4.89 Å². The highest BCUT2D eigenvalue weighted by Crippen LogP contribution is 2.31. The number of rotatable bonds is 10. The van der Waals surface area contributed by atoms with Crippen LogP contribution in [0.1, 0.15) is 58.8 Å². The standard InChI is InChI=1S/C15H21N4O5P.C4H10/c1-17-13-12(18(10-16-13)9-11-5-6-11)14(20)19(15(17)21)7-3-2-4-8-24-25(22)23;1-3-4-2/h10-11H,2-9H2,1H3;3-4H2,1-2H3/p+1. The smallest absolute Gasteiger partial charge is 0.324 e. The minimum absolute atomic E-state index is 0.186.